The highest BCUT2D eigenvalue weighted by Gasteiger charge is 1.70. The van der Waals surface area contributed by atoms with Crippen molar-refractivity contribution in [2.75, 3.05) is 6.61 Å². The summed E-state index contributed by atoms with van der Waals surface area (Å²) in [5.41, 5.74) is 0. The van der Waals surface area contributed by atoms with E-state index in [9.17, 15) is 4.79 Å². The van der Waals surface area contributed by atoms with E-state index in [2.05, 4.69) is 16.6 Å². The number of carbonyl (C=O) groups excluding carboxylic acids is 1. The van der Waals surface area contributed by atoms with E-state index in [1.54, 1.807) is 6.92 Å². The molecule has 7 heavy (non-hydrogen) atoms. The molecule has 0 aromatic heterocycles. The molecule has 0 spiro atoms. The average molecular weight is 97.1 g/mol. The van der Waals surface area contributed by atoms with Crippen molar-refractivity contribution in [1.29, 1.82) is 0 Å². The van der Waals surface area contributed by atoms with Crippen molar-refractivity contribution in [3.05, 3.63) is 0 Å². The third kappa shape index (κ3) is 5.03. The predicted molar refractivity (Wildman–Crippen MR) is 25.1 cm³/mol. The van der Waals surface area contributed by atoms with E-state index in [0.29, 0.717) is 0 Å². The zero-order valence-corrected chi connectivity index (χ0v) is 4.02. The van der Waals surface area contributed by atoms with Gasteiger partial charge in [0.15, 0.2) is 6.61 Å². The molecule has 1 radical (unpaired) electrons. The summed E-state index contributed by atoms with van der Waals surface area (Å²) < 4.78 is 4.09. The second-order valence-electron chi connectivity index (χ2n) is 0.799. The first kappa shape index (κ1) is 6.03. The monoisotopic (exact) mass is 97.0 g/mol. The van der Waals surface area contributed by atoms with E-state index in [-0.39, 0.29) is 6.61 Å². The van der Waals surface area contributed by atoms with Crippen molar-refractivity contribution >= 4 is 6.47 Å². The minimum Gasteiger partial charge on any atom is -0.444 e. The van der Waals surface area contributed by atoms with Crippen LogP contribution >= 0.6 is 0 Å². The van der Waals surface area contributed by atoms with Crippen LogP contribution < -0.4 is 0 Å². The SMILES string of the molecule is CC#CCO[C]=O. The summed E-state index contributed by atoms with van der Waals surface area (Å²) in [4.78, 5) is 9.26. The van der Waals surface area contributed by atoms with Gasteiger partial charge in [-0.15, -0.1) is 5.92 Å². The molecule has 37 valence electrons. The van der Waals surface area contributed by atoms with Gasteiger partial charge in [-0.2, -0.15) is 0 Å². The Morgan fingerprint density at radius 3 is 2.86 bits per heavy atom. The lowest BCUT2D eigenvalue weighted by atomic mass is 10.6. The standard InChI is InChI=1S/C5H5O2/c1-2-3-4-7-5-6/h4H2,1H3. The number of hydrogen-bond acceptors (Lipinski definition) is 2. The molecule has 0 saturated carbocycles. The van der Waals surface area contributed by atoms with Gasteiger partial charge in [0, 0.05) is 0 Å². The van der Waals surface area contributed by atoms with Gasteiger partial charge in [0.1, 0.15) is 0 Å². The van der Waals surface area contributed by atoms with Crippen molar-refractivity contribution in [3.8, 4) is 11.8 Å². The molecule has 0 unspecified atom stereocenters. The number of hydrogen-bond donors (Lipinski definition) is 0. The maximum Gasteiger partial charge on any atom is 0.418 e. The second-order valence-corrected chi connectivity index (χ2v) is 0.799. The Kier molecular flexibility index (Phi) is 4.33. The van der Waals surface area contributed by atoms with Gasteiger partial charge >= 0.3 is 6.47 Å². The fourth-order valence-corrected chi connectivity index (χ4v) is 0.138. The molecule has 0 heterocycles. The lowest BCUT2D eigenvalue weighted by molar-refractivity contribution is 0.319. The fraction of sp³-hybridized carbons (Fsp3) is 0.400. The Morgan fingerprint density at radius 1 is 1.71 bits per heavy atom. The Balaban J connectivity index is 2.92. The fourth-order valence-electron chi connectivity index (χ4n) is 0.138. The normalized spacial score (nSPS) is 5.86. The van der Waals surface area contributed by atoms with Crippen LogP contribution in [0, 0.1) is 11.8 Å². The van der Waals surface area contributed by atoms with Crippen LogP contribution in [0.5, 0.6) is 0 Å². The van der Waals surface area contributed by atoms with Crippen LogP contribution in [0.3, 0.4) is 0 Å². The smallest absolute Gasteiger partial charge is 0.418 e. The first-order valence-electron chi connectivity index (χ1n) is 1.80. The molecule has 2 heteroatoms. The van der Waals surface area contributed by atoms with Gasteiger partial charge in [-0.05, 0) is 6.92 Å². The van der Waals surface area contributed by atoms with Gasteiger partial charge in [-0.25, -0.2) is 4.79 Å². The van der Waals surface area contributed by atoms with E-state index in [0.717, 1.165) is 0 Å². The van der Waals surface area contributed by atoms with Gasteiger partial charge in [-0.3, -0.25) is 0 Å². The van der Waals surface area contributed by atoms with Crippen molar-refractivity contribution in [1.82, 2.24) is 0 Å². The summed E-state index contributed by atoms with van der Waals surface area (Å²) in [6, 6.07) is 0. The molecule has 0 aromatic rings. The Morgan fingerprint density at radius 2 is 2.43 bits per heavy atom. The summed E-state index contributed by atoms with van der Waals surface area (Å²) in [6.45, 7) is 3.08. The van der Waals surface area contributed by atoms with Crippen LogP contribution in [0.1, 0.15) is 6.92 Å². The number of rotatable bonds is 2. The van der Waals surface area contributed by atoms with E-state index < -0.39 is 0 Å². The molecule has 0 atom stereocenters. The maximum absolute atomic E-state index is 9.26. The van der Waals surface area contributed by atoms with Gasteiger partial charge in [0.25, 0.3) is 0 Å². The highest BCUT2D eigenvalue weighted by Crippen LogP contribution is 1.59. The molecule has 0 N–H and O–H groups in total. The second kappa shape index (κ2) is 5.03. The molecule has 0 aliphatic carbocycles. The molecule has 0 saturated heterocycles. The minimum absolute atomic E-state index is 0.153. The summed E-state index contributed by atoms with van der Waals surface area (Å²) in [5.74, 6) is 5.06. The van der Waals surface area contributed by atoms with Gasteiger partial charge in [0.2, 0.25) is 0 Å². The molecule has 0 aliphatic rings. The third-order valence-electron chi connectivity index (χ3n) is 0.380. The molecule has 2 nitrogen and oxygen atoms in total. The highest BCUT2D eigenvalue weighted by atomic mass is 16.5. The largest absolute Gasteiger partial charge is 0.444 e. The highest BCUT2D eigenvalue weighted by molar-refractivity contribution is 5.38. The molecule has 0 amide bonds. The molecule has 0 aromatic carbocycles. The molecule has 0 rings (SSSR count). The number of ether oxygens (including phenoxy) is 1. The van der Waals surface area contributed by atoms with Crippen LogP contribution in [0.2, 0.25) is 0 Å². The zero-order valence-electron chi connectivity index (χ0n) is 4.02. The van der Waals surface area contributed by atoms with Crippen molar-refractivity contribution in [2.24, 2.45) is 0 Å². The first-order chi connectivity index (χ1) is 3.41. The quantitative estimate of drug-likeness (QED) is 0.360. The summed E-state index contributed by atoms with van der Waals surface area (Å²) >= 11 is 0. The molecule has 0 fully saturated rings. The van der Waals surface area contributed by atoms with Crippen LogP contribution in [-0.4, -0.2) is 13.1 Å². The molecule has 0 bridgehead atoms. The van der Waals surface area contributed by atoms with Crippen molar-refractivity contribution in [3.63, 3.8) is 0 Å². The van der Waals surface area contributed by atoms with E-state index >= 15 is 0 Å². The summed E-state index contributed by atoms with van der Waals surface area (Å²) in [7, 11) is 0. The third-order valence-corrected chi connectivity index (χ3v) is 0.380. The average Bonchev–Trinajstić information content (AvgIpc) is 1.69. The van der Waals surface area contributed by atoms with E-state index in [1.807, 2.05) is 0 Å². The minimum atomic E-state index is 0.153. The summed E-state index contributed by atoms with van der Waals surface area (Å²) in [5, 5.41) is 0. The topological polar surface area (TPSA) is 26.3 Å². The predicted octanol–water partition coefficient (Wildman–Crippen LogP) is 0.0935. The van der Waals surface area contributed by atoms with Crippen LogP contribution in [0.4, 0.5) is 0 Å². The Bertz CT molecular complexity index is 96.4. The lowest BCUT2D eigenvalue weighted by Crippen LogP contribution is -1.84. The Labute approximate surface area is 42.5 Å². The van der Waals surface area contributed by atoms with Crippen LogP contribution in [0.25, 0.3) is 0 Å². The van der Waals surface area contributed by atoms with Crippen LogP contribution in [0.15, 0.2) is 0 Å². The van der Waals surface area contributed by atoms with Gasteiger partial charge in [-0.1, -0.05) is 5.92 Å². The van der Waals surface area contributed by atoms with Gasteiger partial charge in [0.05, 0.1) is 0 Å². The van der Waals surface area contributed by atoms with Crippen LogP contribution in [-0.2, 0) is 9.53 Å². The lowest BCUT2D eigenvalue weighted by Gasteiger charge is -1.78. The molecule has 0 aliphatic heterocycles. The zero-order chi connectivity index (χ0) is 5.54. The van der Waals surface area contributed by atoms with E-state index in [4.69, 9.17) is 0 Å². The first-order valence-corrected chi connectivity index (χ1v) is 1.80. The van der Waals surface area contributed by atoms with Crippen molar-refractivity contribution in [2.45, 2.75) is 6.92 Å². The van der Waals surface area contributed by atoms with E-state index in [1.165, 1.54) is 6.47 Å². The Hall–Kier alpha value is -0.970. The van der Waals surface area contributed by atoms with Gasteiger partial charge < -0.3 is 4.74 Å². The summed E-state index contributed by atoms with van der Waals surface area (Å²) in [6.07, 6.45) is 0. The van der Waals surface area contributed by atoms with Crippen molar-refractivity contribution < 1.29 is 9.53 Å². The molecular weight excluding hydrogens is 92.1 g/mol. The maximum atomic E-state index is 9.26. The molecular formula is C5H5O2.